The van der Waals surface area contributed by atoms with Gasteiger partial charge in [0.1, 0.15) is 5.75 Å². The Bertz CT molecular complexity index is 1070. The van der Waals surface area contributed by atoms with Gasteiger partial charge in [0, 0.05) is 12.4 Å². The van der Waals surface area contributed by atoms with Crippen LogP contribution in [0.5, 0.6) is 17.2 Å². The molecule has 0 unspecified atom stereocenters. The van der Waals surface area contributed by atoms with E-state index in [0.29, 0.717) is 28.4 Å². The van der Waals surface area contributed by atoms with Crippen molar-refractivity contribution in [2.75, 3.05) is 6.79 Å². The molecule has 0 bridgehead atoms. The van der Waals surface area contributed by atoms with E-state index in [1.165, 1.54) is 12.4 Å². The van der Waals surface area contributed by atoms with Gasteiger partial charge in [-0.25, -0.2) is 10.2 Å². The van der Waals surface area contributed by atoms with Gasteiger partial charge in [0.25, 0.3) is 5.91 Å². The number of hydrogen-bond donors (Lipinski definition) is 1. The Kier molecular flexibility index (Phi) is 5.15. The zero-order valence-corrected chi connectivity index (χ0v) is 15.1. The van der Waals surface area contributed by atoms with Crippen LogP contribution in [-0.2, 0) is 0 Å². The molecule has 1 amide bonds. The molecule has 144 valence electrons. The van der Waals surface area contributed by atoms with Crippen LogP contribution in [0.25, 0.3) is 0 Å². The Labute approximate surface area is 165 Å². The number of carbonyl (C=O) groups excluding carboxylic acids is 2. The first kappa shape index (κ1) is 18.2. The molecule has 8 heteroatoms. The van der Waals surface area contributed by atoms with Gasteiger partial charge in [0.15, 0.2) is 11.5 Å². The van der Waals surface area contributed by atoms with Crippen LogP contribution in [0.4, 0.5) is 0 Å². The predicted octanol–water partition coefficient (Wildman–Crippen LogP) is 2.79. The van der Waals surface area contributed by atoms with Crippen LogP contribution in [0.3, 0.4) is 0 Å². The fourth-order valence-electron chi connectivity index (χ4n) is 2.54. The summed E-state index contributed by atoms with van der Waals surface area (Å²) < 4.78 is 15.8. The summed E-state index contributed by atoms with van der Waals surface area (Å²) in [6, 6.07) is 14.9. The van der Waals surface area contributed by atoms with Crippen molar-refractivity contribution in [1.29, 1.82) is 0 Å². The van der Waals surface area contributed by atoms with Crippen LogP contribution in [0, 0.1) is 0 Å². The van der Waals surface area contributed by atoms with Gasteiger partial charge >= 0.3 is 5.97 Å². The zero-order valence-electron chi connectivity index (χ0n) is 15.1. The number of nitrogens with one attached hydrogen (secondary N) is 1. The summed E-state index contributed by atoms with van der Waals surface area (Å²) in [6.45, 7) is 0.138. The Morgan fingerprint density at radius 2 is 1.86 bits per heavy atom. The second-order valence-electron chi connectivity index (χ2n) is 5.97. The van der Waals surface area contributed by atoms with Crippen molar-refractivity contribution in [2.45, 2.75) is 0 Å². The van der Waals surface area contributed by atoms with E-state index in [2.05, 4.69) is 15.5 Å². The smallest absolute Gasteiger partial charge is 0.343 e. The van der Waals surface area contributed by atoms with Gasteiger partial charge in [-0.1, -0.05) is 0 Å². The molecule has 0 saturated heterocycles. The lowest BCUT2D eigenvalue weighted by Gasteiger charge is -2.05. The van der Waals surface area contributed by atoms with Crippen LogP contribution in [0.2, 0.25) is 0 Å². The molecule has 0 saturated carbocycles. The quantitative estimate of drug-likeness (QED) is 0.312. The Morgan fingerprint density at radius 3 is 2.66 bits per heavy atom. The third-order valence-corrected chi connectivity index (χ3v) is 4.00. The summed E-state index contributed by atoms with van der Waals surface area (Å²) in [7, 11) is 0. The van der Waals surface area contributed by atoms with E-state index in [0.717, 1.165) is 5.56 Å². The van der Waals surface area contributed by atoms with Crippen molar-refractivity contribution in [1.82, 2.24) is 10.4 Å². The van der Waals surface area contributed by atoms with Crippen LogP contribution >= 0.6 is 0 Å². The number of hydrazone groups is 1. The summed E-state index contributed by atoms with van der Waals surface area (Å²) in [5.41, 5.74) is 3.91. The van der Waals surface area contributed by atoms with Crippen molar-refractivity contribution in [3.63, 3.8) is 0 Å². The summed E-state index contributed by atoms with van der Waals surface area (Å²) in [4.78, 5) is 28.0. The number of benzene rings is 2. The van der Waals surface area contributed by atoms with Gasteiger partial charge < -0.3 is 14.2 Å². The molecule has 0 atom stereocenters. The highest BCUT2D eigenvalue weighted by molar-refractivity contribution is 5.94. The fourth-order valence-corrected chi connectivity index (χ4v) is 2.54. The normalized spacial score (nSPS) is 12.0. The fraction of sp³-hybridized carbons (Fsp3) is 0.0476. The predicted molar refractivity (Wildman–Crippen MR) is 103 cm³/mol. The third kappa shape index (κ3) is 4.38. The Morgan fingerprint density at radius 1 is 1.03 bits per heavy atom. The number of nitrogens with zero attached hydrogens (tertiary/aromatic N) is 2. The largest absolute Gasteiger partial charge is 0.454 e. The molecule has 1 aliphatic rings. The summed E-state index contributed by atoms with van der Waals surface area (Å²) in [6.07, 6.45) is 4.52. The van der Waals surface area contributed by atoms with Gasteiger partial charge in [-0.2, -0.15) is 5.10 Å². The van der Waals surface area contributed by atoms with E-state index in [1.807, 2.05) is 0 Å². The van der Waals surface area contributed by atoms with Crippen LogP contribution < -0.4 is 19.6 Å². The minimum atomic E-state index is -0.506. The molecule has 1 aliphatic heterocycles. The van der Waals surface area contributed by atoms with Gasteiger partial charge in [-0.3, -0.25) is 9.78 Å². The summed E-state index contributed by atoms with van der Waals surface area (Å²) >= 11 is 0. The minimum Gasteiger partial charge on any atom is -0.454 e. The van der Waals surface area contributed by atoms with E-state index in [1.54, 1.807) is 60.8 Å². The molecular formula is C21H15N3O5. The second kappa shape index (κ2) is 8.22. The third-order valence-electron chi connectivity index (χ3n) is 4.00. The maximum Gasteiger partial charge on any atom is 0.343 e. The molecule has 0 aliphatic carbocycles. The summed E-state index contributed by atoms with van der Waals surface area (Å²) in [5.74, 6) is 0.626. The molecule has 1 aromatic heterocycles. The first-order chi connectivity index (χ1) is 14.2. The number of aromatic nitrogens is 1. The molecule has 2 heterocycles. The molecule has 1 N–H and O–H groups in total. The van der Waals surface area contributed by atoms with E-state index >= 15 is 0 Å². The highest BCUT2D eigenvalue weighted by atomic mass is 16.7. The SMILES string of the molecule is O=C(N/N=C/c1ccc(OC(=O)c2ccc3c(c2)OCO3)cc1)c1cccnc1. The van der Waals surface area contributed by atoms with Crippen molar-refractivity contribution < 1.29 is 23.8 Å². The van der Waals surface area contributed by atoms with Crippen molar-refractivity contribution >= 4 is 18.1 Å². The number of pyridine rings is 1. The molecule has 29 heavy (non-hydrogen) atoms. The van der Waals surface area contributed by atoms with E-state index in [4.69, 9.17) is 14.2 Å². The van der Waals surface area contributed by atoms with E-state index < -0.39 is 5.97 Å². The second-order valence-corrected chi connectivity index (χ2v) is 5.97. The van der Waals surface area contributed by atoms with Crippen LogP contribution in [0.1, 0.15) is 26.3 Å². The molecule has 0 spiro atoms. The van der Waals surface area contributed by atoms with Crippen molar-refractivity contribution in [3.8, 4) is 17.2 Å². The average Bonchev–Trinajstić information content (AvgIpc) is 3.23. The first-order valence-electron chi connectivity index (χ1n) is 8.64. The number of esters is 1. The number of carbonyl (C=O) groups is 2. The highest BCUT2D eigenvalue weighted by Gasteiger charge is 2.17. The number of ether oxygens (including phenoxy) is 3. The Hall–Kier alpha value is -4.20. The molecular weight excluding hydrogens is 374 g/mol. The maximum absolute atomic E-state index is 12.3. The number of rotatable bonds is 5. The molecule has 2 aromatic carbocycles. The lowest BCUT2D eigenvalue weighted by molar-refractivity contribution is 0.0734. The summed E-state index contributed by atoms with van der Waals surface area (Å²) in [5, 5.41) is 3.90. The van der Waals surface area contributed by atoms with E-state index in [-0.39, 0.29) is 12.7 Å². The highest BCUT2D eigenvalue weighted by Crippen LogP contribution is 2.32. The topological polar surface area (TPSA) is 99.1 Å². The molecule has 0 fully saturated rings. The zero-order chi connectivity index (χ0) is 20.1. The number of amides is 1. The monoisotopic (exact) mass is 389 g/mol. The lowest BCUT2D eigenvalue weighted by atomic mass is 10.2. The molecule has 4 rings (SSSR count). The lowest BCUT2D eigenvalue weighted by Crippen LogP contribution is -2.17. The van der Waals surface area contributed by atoms with Gasteiger partial charge in [0.2, 0.25) is 6.79 Å². The van der Waals surface area contributed by atoms with Gasteiger partial charge in [-0.05, 0) is 60.2 Å². The van der Waals surface area contributed by atoms with E-state index in [9.17, 15) is 9.59 Å². The van der Waals surface area contributed by atoms with Gasteiger partial charge in [0.05, 0.1) is 17.3 Å². The minimum absolute atomic E-state index is 0.138. The van der Waals surface area contributed by atoms with Crippen molar-refractivity contribution in [3.05, 3.63) is 83.7 Å². The van der Waals surface area contributed by atoms with Crippen LogP contribution in [-0.4, -0.2) is 29.9 Å². The maximum atomic E-state index is 12.3. The number of hydrogen-bond acceptors (Lipinski definition) is 7. The van der Waals surface area contributed by atoms with Crippen LogP contribution in [0.15, 0.2) is 72.1 Å². The molecule has 0 radical (unpaired) electrons. The Balaban J connectivity index is 1.34. The van der Waals surface area contributed by atoms with Gasteiger partial charge in [-0.15, -0.1) is 0 Å². The molecule has 8 nitrogen and oxygen atoms in total. The average molecular weight is 389 g/mol. The van der Waals surface area contributed by atoms with Crippen molar-refractivity contribution in [2.24, 2.45) is 5.10 Å². The molecule has 3 aromatic rings. The number of fused-ring (bicyclic) bond motifs is 1. The standard InChI is InChI=1S/C21H15N3O5/c25-20(16-2-1-9-22-12-16)24-23-11-14-3-6-17(7-4-14)29-21(26)15-5-8-18-19(10-15)28-13-27-18/h1-12H,13H2,(H,24,25)/b23-11+. The first-order valence-corrected chi connectivity index (χ1v) is 8.64.